The zero-order valence-electron chi connectivity index (χ0n) is 14.6. The number of nitrogens with zero attached hydrogens (tertiary/aromatic N) is 3. The maximum absolute atomic E-state index is 6.20. The van der Waals surface area contributed by atoms with Gasteiger partial charge in [-0.3, -0.25) is 0 Å². The molecular weight excluding hydrogens is 354 g/mol. The highest BCUT2D eigenvalue weighted by Crippen LogP contribution is 2.25. The Kier molecular flexibility index (Phi) is 5.11. The number of halogens is 1. The number of thiocarbonyl (C=S) groups is 1. The van der Waals surface area contributed by atoms with Crippen molar-refractivity contribution in [1.29, 1.82) is 0 Å². The standard InChI is InChI=1S/C18H22ClN5S/c1-18(2,3)23-17(25)22-16-20-14(19)10-15(21-16)24-9-8-12-6-4-5-7-13(12)11-24/h4-7,10H,8-9,11H2,1-3H3,(H2,20,21,22,23,25). The van der Waals surface area contributed by atoms with Crippen LogP contribution in [0.4, 0.5) is 11.8 Å². The number of fused-ring (bicyclic) bond motifs is 1. The van der Waals surface area contributed by atoms with Crippen molar-refractivity contribution in [3.05, 3.63) is 46.6 Å². The fourth-order valence-electron chi connectivity index (χ4n) is 2.79. The topological polar surface area (TPSA) is 53.1 Å². The van der Waals surface area contributed by atoms with Crippen LogP contribution in [0.5, 0.6) is 0 Å². The van der Waals surface area contributed by atoms with Crippen LogP contribution < -0.4 is 15.5 Å². The number of hydrogen-bond donors (Lipinski definition) is 2. The molecular formula is C18H22ClN5S. The molecule has 2 aromatic rings. The molecule has 0 atom stereocenters. The average molecular weight is 376 g/mol. The van der Waals surface area contributed by atoms with Crippen molar-refractivity contribution in [2.75, 3.05) is 16.8 Å². The molecule has 0 fully saturated rings. The Hall–Kier alpha value is -1.92. The molecule has 1 aromatic heterocycles. The van der Waals surface area contributed by atoms with Crippen LogP contribution in [-0.2, 0) is 13.0 Å². The van der Waals surface area contributed by atoms with Gasteiger partial charge in [-0.05, 0) is 50.5 Å². The van der Waals surface area contributed by atoms with Crippen molar-refractivity contribution in [3.63, 3.8) is 0 Å². The third kappa shape index (κ3) is 4.80. The van der Waals surface area contributed by atoms with Gasteiger partial charge in [0.25, 0.3) is 0 Å². The first kappa shape index (κ1) is 17.9. The van der Waals surface area contributed by atoms with E-state index in [1.807, 2.05) is 20.8 Å². The van der Waals surface area contributed by atoms with Crippen LogP contribution in [0.2, 0.25) is 5.15 Å². The van der Waals surface area contributed by atoms with Crippen molar-refractivity contribution in [2.24, 2.45) is 0 Å². The van der Waals surface area contributed by atoms with Gasteiger partial charge in [0.1, 0.15) is 11.0 Å². The summed E-state index contributed by atoms with van der Waals surface area (Å²) in [6.45, 7) is 7.82. The monoisotopic (exact) mass is 375 g/mol. The Morgan fingerprint density at radius 2 is 1.92 bits per heavy atom. The van der Waals surface area contributed by atoms with Gasteiger partial charge in [0, 0.05) is 24.7 Å². The molecule has 0 radical (unpaired) electrons. The summed E-state index contributed by atoms with van der Waals surface area (Å²) in [4.78, 5) is 11.0. The molecule has 0 unspecified atom stereocenters. The van der Waals surface area contributed by atoms with Crippen LogP contribution in [0.3, 0.4) is 0 Å². The molecule has 1 aromatic carbocycles. The van der Waals surface area contributed by atoms with Crippen LogP contribution >= 0.6 is 23.8 Å². The summed E-state index contributed by atoms with van der Waals surface area (Å²) in [5, 5.41) is 7.08. The van der Waals surface area contributed by atoms with Gasteiger partial charge in [-0.1, -0.05) is 35.9 Å². The minimum absolute atomic E-state index is 0.137. The van der Waals surface area contributed by atoms with Gasteiger partial charge in [-0.2, -0.15) is 4.98 Å². The van der Waals surface area contributed by atoms with Crippen LogP contribution in [-0.4, -0.2) is 27.2 Å². The van der Waals surface area contributed by atoms with Gasteiger partial charge >= 0.3 is 0 Å². The van der Waals surface area contributed by atoms with Gasteiger partial charge < -0.3 is 15.5 Å². The predicted octanol–water partition coefficient (Wildman–Crippen LogP) is 3.78. The van der Waals surface area contributed by atoms with Crippen molar-refractivity contribution in [2.45, 2.75) is 39.3 Å². The van der Waals surface area contributed by atoms with Gasteiger partial charge in [0.05, 0.1) is 0 Å². The number of nitrogens with one attached hydrogen (secondary N) is 2. The molecule has 0 bridgehead atoms. The normalized spacial score (nSPS) is 14.0. The van der Waals surface area contributed by atoms with E-state index in [4.69, 9.17) is 23.8 Å². The summed E-state index contributed by atoms with van der Waals surface area (Å²) in [5.41, 5.74) is 2.58. The molecule has 1 aliphatic rings. The largest absolute Gasteiger partial charge is 0.358 e. The maximum atomic E-state index is 6.20. The molecule has 3 rings (SSSR count). The lowest BCUT2D eigenvalue weighted by Gasteiger charge is -2.30. The molecule has 7 heteroatoms. The van der Waals surface area contributed by atoms with Crippen molar-refractivity contribution in [1.82, 2.24) is 15.3 Å². The summed E-state index contributed by atoms with van der Waals surface area (Å²) < 4.78 is 0. The third-order valence-corrected chi connectivity index (χ3v) is 4.25. The quantitative estimate of drug-likeness (QED) is 0.615. The van der Waals surface area contributed by atoms with Gasteiger partial charge in [0.15, 0.2) is 5.11 Å². The molecule has 0 saturated carbocycles. The number of rotatable bonds is 2. The van der Waals surface area contributed by atoms with E-state index in [0.29, 0.717) is 16.2 Å². The van der Waals surface area contributed by atoms with Gasteiger partial charge in [0.2, 0.25) is 5.95 Å². The van der Waals surface area contributed by atoms with E-state index in [0.717, 1.165) is 25.3 Å². The zero-order valence-corrected chi connectivity index (χ0v) is 16.2. The maximum Gasteiger partial charge on any atom is 0.232 e. The summed E-state index contributed by atoms with van der Waals surface area (Å²) in [7, 11) is 0. The van der Waals surface area contributed by atoms with Crippen molar-refractivity contribution >= 4 is 40.7 Å². The Morgan fingerprint density at radius 3 is 2.64 bits per heavy atom. The SMILES string of the molecule is CC(C)(C)NC(=S)Nc1nc(Cl)cc(N2CCc3ccccc3C2)n1. The lowest BCUT2D eigenvalue weighted by molar-refractivity contribution is 0.514. The Bertz CT molecular complexity index is 787. The molecule has 132 valence electrons. The summed E-state index contributed by atoms with van der Waals surface area (Å²) in [6, 6.07) is 10.3. The van der Waals surface area contributed by atoms with E-state index in [1.54, 1.807) is 6.07 Å². The van der Waals surface area contributed by atoms with E-state index < -0.39 is 0 Å². The first-order valence-electron chi connectivity index (χ1n) is 8.26. The first-order chi connectivity index (χ1) is 11.8. The average Bonchev–Trinajstić information content (AvgIpc) is 2.52. The highest BCUT2D eigenvalue weighted by molar-refractivity contribution is 7.80. The molecule has 0 spiro atoms. The minimum Gasteiger partial charge on any atom is -0.358 e. The molecule has 0 amide bonds. The smallest absolute Gasteiger partial charge is 0.232 e. The lowest BCUT2D eigenvalue weighted by Crippen LogP contribution is -2.43. The number of anilines is 2. The third-order valence-electron chi connectivity index (χ3n) is 3.85. The Morgan fingerprint density at radius 1 is 1.20 bits per heavy atom. The second-order valence-electron chi connectivity index (χ2n) is 7.14. The highest BCUT2D eigenvalue weighted by atomic mass is 35.5. The van der Waals surface area contributed by atoms with E-state index in [-0.39, 0.29) is 5.54 Å². The summed E-state index contributed by atoms with van der Waals surface area (Å²) >= 11 is 11.5. The molecule has 2 N–H and O–H groups in total. The number of benzene rings is 1. The summed E-state index contributed by atoms with van der Waals surface area (Å²) in [5.74, 6) is 1.21. The number of aromatic nitrogens is 2. The van der Waals surface area contributed by atoms with E-state index in [9.17, 15) is 0 Å². The van der Waals surface area contributed by atoms with Gasteiger partial charge in [-0.25, -0.2) is 4.98 Å². The van der Waals surface area contributed by atoms with Crippen molar-refractivity contribution in [3.8, 4) is 0 Å². The molecule has 0 saturated heterocycles. The van der Waals surface area contributed by atoms with Crippen LogP contribution in [0.25, 0.3) is 0 Å². The van der Waals surface area contributed by atoms with E-state index in [1.165, 1.54) is 11.1 Å². The summed E-state index contributed by atoms with van der Waals surface area (Å²) in [6.07, 6.45) is 0.991. The van der Waals surface area contributed by atoms with Crippen LogP contribution in [0.15, 0.2) is 30.3 Å². The second kappa shape index (κ2) is 7.14. The molecule has 2 heterocycles. The predicted molar refractivity (Wildman–Crippen MR) is 107 cm³/mol. The van der Waals surface area contributed by atoms with Crippen molar-refractivity contribution < 1.29 is 0 Å². The Balaban J connectivity index is 1.77. The second-order valence-corrected chi connectivity index (χ2v) is 7.94. The first-order valence-corrected chi connectivity index (χ1v) is 9.04. The molecule has 5 nitrogen and oxygen atoms in total. The fourth-order valence-corrected chi connectivity index (χ4v) is 3.36. The van der Waals surface area contributed by atoms with Gasteiger partial charge in [-0.15, -0.1) is 0 Å². The molecule has 0 aliphatic carbocycles. The minimum atomic E-state index is -0.137. The zero-order chi connectivity index (χ0) is 18.0. The van der Waals surface area contributed by atoms with Crippen LogP contribution in [0.1, 0.15) is 31.9 Å². The Labute approximate surface area is 158 Å². The number of hydrogen-bond acceptors (Lipinski definition) is 4. The molecule has 25 heavy (non-hydrogen) atoms. The van der Waals surface area contributed by atoms with E-state index in [2.05, 4.69) is 49.8 Å². The fraction of sp³-hybridized carbons (Fsp3) is 0.389. The highest BCUT2D eigenvalue weighted by Gasteiger charge is 2.19. The molecule has 1 aliphatic heterocycles. The van der Waals surface area contributed by atoms with E-state index >= 15 is 0 Å². The van der Waals surface area contributed by atoms with Crippen LogP contribution in [0, 0.1) is 0 Å². The lowest BCUT2D eigenvalue weighted by atomic mass is 10.00.